The molecule has 4 nitrogen and oxygen atoms in total. The summed E-state index contributed by atoms with van der Waals surface area (Å²) in [5, 5.41) is 9.75. The number of aliphatic hydroxyl groups excluding tert-OH is 1. The average Bonchev–Trinajstić information content (AvgIpc) is 2.25. The molecule has 0 spiro atoms. The van der Waals surface area contributed by atoms with Crippen LogP contribution in [0.1, 0.15) is 66.2 Å². The molecule has 0 aromatic carbocycles. The van der Waals surface area contributed by atoms with Crippen LogP contribution in [0.3, 0.4) is 0 Å². The van der Waals surface area contributed by atoms with E-state index in [4.69, 9.17) is 10.5 Å². The van der Waals surface area contributed by atoms with Crippen molar-refractivity contribution < 1.29 is 14.6 Å². The van der Waals surface area contributed by atoms with Crippen molar-refractivity contribution in [3.05, 3.63) is 0 Å². The number of carbonyl (C=O) groups excluding carboxylic acids is 1. The Bertz CT molecular complexity index is 236. The standard InChI is InChI=1S/C14H29NO3/c1-5-6-7-8-9-10-11(15)12(16)13(17)18-14(2,3)4/h11-12,16H,5-10,15H2,1-4H3/t11-,12-/m1/s1. The molecule has 0 amide bonds. The predicted octanol–water partition coefficient (Wildman–Crippen LogP) is 2.38. The number of hydrogen-bond acceptors (Lipinski definition) is 4. The van der Waals surface area contributed by atoms with Crippen LogP contribution in [-0.2, 0) is 9.53 Å². The van der Waals surface area contributed by atoms with Crippen LogP contribution < -0.4 is 5.73 Å². The summed E-state index contributed by atoms with van der Waals surface area (Å²) in [5.41, 5.74) is 5.22. The highest BCUT2D eigenvalue weighted by atomic mass is 16.6. The van der Waals surface area contributed by atoms with Crippen LogP contribution in [0, 0.1) is 0 Å². The van der Waals surface area contributed by atoms with Crippen molar-refractivity contribution in [1.29, 1.82) is 0 Å². The third-order valence-corrected chi connectivity index (χ3v) is 2.69. The van der Waals surface area contributed by atoms with E-state index in [0.29, 0.717) is 6.42 Å². The van der Waals surface area contributed by atoms with Crippen LogP contribution in [0.5, 0.6) is 0 Å². The summed E-state index contributed by atoms with van der Waals surface area (Å²) in [5.74, 6) is -0.622. The molecular weight excluding hydrogens is 230 g/mol. The van der Waals surface area contributed by atoms with Crippen LogP contribution in [0.15, 0.2) is 0 Å². The molecule has 0 radical (unpaired) electrons. The number of rotatable bonds is 8. The lowest BCUT2D eigenvalue weighted by atomic mass is 10.0. The van der Waals surface area contributed by atoms with Crippen molar-refractivity contribution in [2.24, 2.45) is 5.73 Å². The third-order valence-electron chi connectivity index (χ3n) is 2.69. The normalized spacial score (nSPS) is 15.2. The Hall–Kier alpha value is -0.610. The number of carbonyl (C=O) groups is 1. The Morgan fingerprint density at radius 3 is 2.28 bits per heavy atom. The molecule has 0 aromatic rings. The fourth-order valence-electron chi connectivity index (χ4n) is 1.68. The Kier molecular flexibility index (Phi) is 8.20. The summed E-state index contributed by atoms with van der Waals surface area (Å²) >= 11 is 0. The fraction of sp³-hybridized carbons (Fsp3) is 0.929. The maximum absolute atomic E-state index is 11.6. The van der Waals surface area contributed by atoms with Gasteiger partial charge in [-0.2, -0.15) is 0 Å². The monoisotopic (exact) mass is 259 g/mol. The highest BCUT2D eigenvalue weighted by Crippen LogP contribution is 2.12. The quantitative estimate of drug-likeness (QED) is 0.518. The largest absolute Gasteiger partial charge is 0.458 e. The van der Waals surface area contributed by atoms with E-state index in [1.807, 2.05) is 0 Å². The van der Waals surface area contributed by atoms with E-state index in [9.17, 15) is 9.90 Å². The lowest BCUT2D eigenvalue weighted by Gasteiger charge is -2.24. The van der Waals surface area contributed by atoms with Gasteiger partial charge in [0.05, 0.1) is 0 Å². The first-order valence-corrected chi connectivity index (χ1v) is 6.94. The molecule has 0 aromatic heterocycles. The van der Waals surface area contributed by atoms with Crippen molar-refractivity contribution >= 4 is 5.97 Å². The average molecular weight is 259 g/mol. The highest BCUT2D eigenvalue weighted by molar-refractivity contribution is 5.75. The number of unbranched alkanes of at least 4 members (excludes halogenated alkanes) is 4. The van der Waals surface area contributed by atoms with Crippen molar-refractivity contribution in [2.75, 3.05) is 0 Å². The zero-order chi connectivity index (χ0) is 14.2. The van der Waals surface area contributed by atoms with Gasteiger partial charge in [-0.3, -0.25) is 0 Å². The fourth-order valence-corrected chi connectivity index (χ4v) is 1.68. The minimum absolute atomic E-state index is 0.526. The number of hydrogen-bond donors (Lipinski definition) is 2. The molecule has 0 saturated carbocycles. The van der Waals surface area contributed by atoms with Crippen LogP contribution in [0.2, 0.25) is 0 Å². The Labute approximate surface area is 111 Å². The second kappa shape index (κ2) is 8.48. The van der Waals surface area contributed by atoms with E-state index in [2.05, 4.69) is 6.92 Å². The van der Waals surface area contributed by atoms with Gasteiger partial charge in [0.1, 0.15) is 5.60 Å². The SMILES string of the molecule is CCCCCCC[C@@H](N)[C@@H](O)C(=O)OC(C)(C)C. The second-order valence-electron chi connectivity index (χ2n) is 5.85. The summed E-state index contributed by atoms with van der Waals surface area (Å²) in [6, 6.07) is -0.526. The smallest absolute Gasteiger partial charge is 0.337 e. The maximum atomic E-state index is 11.6. The van der Waals surface area contributed by atoms with Gasteiger partial charge >= 0.3 is 5.97 Å². The van der Waals surface area contributed by atoms with Gasteiger partial charge in [0.25, 0.3) is 0 Å². The molecule has 0 bridgehead atoms. The first-order valence-electron chi connectivity index (χ1n) is 6.94. The van der Waals surface area contributed by atoms with E-state index in [1.54, 1.807) is 20.8 Å². The van der Waals surface area contributed by atoms with Crippen LogP contribution in [0.4, 0.5) is 0 Å². The van der Waals surface area contributed by atoms with Gasteiger partial charge in [-0.25, -0.2) is 4.79 Å². The molecule has 3 N–H and O–H groups in total. The van der Waals surface area contributed by atoms with E-state index < -0.39 is 23.7 Å². The van der Waals surface area contributed by atoms with Crippen LogP contribution in [0.25, 0.3) is 0 Å². The van der Waals surface area contributed by atoms with Crippen molar-refractivity contribution in [3.8, 4) is 0 Å². The summed E-state index contributed by atoms with van der Waals surface area (Å²) < 4.78 is 5.10. The van der Waals surface area contributed by atoms with Gasteiger partial charge in [-0.1, -0.05) is 39.0 Å². The predicted molar refractivity (Wildman–Crippen MR) is 73.2 cm³/mol. The first-order chi connectivity index (χ1) is 8.28. The lowest BCUT2D eigenvalue weighted by Crippen LogP contribution is -2.43. The molecule has 0 saturated heterocycles. The van der Waals surface area contributed by atoms with Gasteiger partial charge < -0.3 is 15.6 Å². The number of esters is 1. The first kappa shape index (κ1) is 17.4. The van der Waals surface area contributed by atoms with Gasteiger partial charge in [-0.05, 0) is 27.2 Å². The van der Waals surface area contributed by atoms with E-state index in [-0.39, 0.29) is 0 Å². The van der Waals surface area contributed by atoms with Crippen molar-refractivity contribution in [3.63, 3.8) is 0 Å². The molecule has 0 aliphatic heterocycles. The maximum Gasteiger partial charge on any atom is 0.337 e. The van der Waals surface area contributed by atoms with Crippen molar-refractivity contribution in [1.82, 2.24) is 0 Å². The molecule has 4 heteroatoms. The zero-order valence-corrected chi connectivity index (χ0v) is 12.2. The molecular formula is C14H29NO3. The van der Waals surface area contributed by atoms with E-state index in [0.717, 1.165) is 12.8 Å². The van der Waals surface area contributed by atoms with Crippen LogP contribution >= 0.6 is 0 Å². The molecule has 18 heavy (non-hydrogen) atoms. The topological polar surface area (TPSA) is 72.5 Å². The van der Waals surface area contributed by atoms with Crippen LogP contribution in [-0.4, -0.2) is 28.8 Å². The lowest BCUT2D eigenvalue weighted by molar-refractivity contribution is -0.166. The molecule has 108 valence electrons. The Balaban J connectivity index is 3.88. The van der Waals surface area contributed by atoms with Gasteiger partial charge in [0.15, 0.2) is 6.10 Å². The molecule has 0 rings (SSSR count). The molecule has 0 aliphatic carbocycles. The van der Waals surface area contributed by atoms with E-state index >= 15 is 0 Å². The van der Waals surface area contributed by atoms with Gasteiger partial charge in [0.2, 0.25) is 0 Å². The summed E-state index contributed by atoms with van der Waals surface area (Å²) in [4.78, 5) is 11.6. The summed E-state index contributed by atoms with van der Waals surface area (Å²) in [7, 11) is 0. The number of nitrogens with two attached hydrogens (primary N) is 1. The third kappa shape index (κ3) is 8.48. The zero-order valence-electron chi connectivity index (χ0n) is 12.2. The molecule has 0 fully saturated rings. The summed E-state index contributed by atoms with van der Waals surface area (Å²) in [6.45, 7) is 7.48. The Morgan fingerprint density at radius 1 is 1.22 bits per heavy atom. The van der Waals surface area contributed by atoms with E-state index in [1.165, 1.54) is 19.3 Å². The van der Waals surface area contributed by atoms with Crippen molar-refractivity contribution in [2.45, 2.75) is 84.0 Å². The van der Waals surface area contributed by atoms with Gasteiger partial charge in [0, 0.05) is 6.04 Å². The minimum Gasteiger partial charge on any atom is -0.458 e. The highest BCUT2D eigenvalue weighted by Gasteiger charge is 2.27. The number of ether oxygens (including phenoxy) is 1. The molecule has 2 atom stereocenters. The molecule has 0 aliphatic rings. The Morgan fingerprint density at radius 2 is 1.78 bits per heavy atom. The van der Waals surface area contributed by atoms with Gasteiger partial charge in [-0.15, -0.1) is 0 Å². The molecule has 0 heterocycles. The second-order valence-corrected chi connectivity index (χ2v) is 5.85. The number of aliphatic hydroxyl groups is 1. The summed E-state index contributed by atoms with van der Waals surface area (Å²) in [6.07, 6.45) is 5.10. The molecule has 0 unspecified atom stereocenters. The minimum atomic E-state index is -1.21.